The summed E-state index contributed by atoms with van der Waals surface area (Å²) in [6.45, 7) is 0. The van der Waals surface area contributed by atoms with Crippen LogP contribution in [0, 0.1) is 5.82 Å². The van der Waals surface area contributed by atoms with Gasteiger partial charge in [-0.1, -0.05) is 23.2 Å². The van der Waals surface area contributed by atoms with Crippen molar-refractivity contribution in [2.24, 2.45) is 0 Å². The molecule has 18 heavy (non-hydrogen) atoms. The summed E-state index contributed by atoms with van der Waals surface area (Å²) in [6.07, 6.45) is 0. The van der Waals surface area contributed by atoms with Gasteiger partial charge in [0, 0.05) is 10.6 Å². The smallest absolute Gasteiger partial charge is 0.335 e. The quantitative estimate of drug-likeness (QED) is 0.882. The van der Waals surface area contributed by atoms with E-state index in [1.165, 1.54) is 24.3 Å². The normalized spacial score (nSPS) is 10.4. The first-order valence-corrected chi connectivity index (χ1v) is 5.72. The molecule has 1 N–H and O–H groups in total. The Labute approximate surface area is 113 Å². The van der Waals surface area contributed by atoms with Gasteiger partial charge in [-0.3, -0.25) is 0 Å². The van der Waals surface area contributed by atoms with E-state index in [1.54, 1.807) is 6.07 Å². The summed E-state index contributed by atoms with van der Waals surface area (Å²) < 4.78 is 12.9. The predicted octanol–water partition coefficient (Wildman–Crippen LogP) is 4.50. The highest BCUT2D eigenvalue weighted by atomic mass is 35.5. The van der Waals surface area contributed by atoms with E-state index in [4.69, 9.17) is 28.3 Å². The molecule has 0 aliphatic rings. The van der Waals surface area contributed by atoms with E-state index in [0.717, 1.165) is 6.07 Å². The zero-order chi connectivity index (χ0) is 13.3. The number of rotatable bonds is 2. The Kier molecular flexibility index (Phi) is 3.55. The first-order valence-electron chi connectivity index (χ1n) is 4.96. The molecule has 0 atom stereocenters. The summed E-state index contributed by atoms with van der Waals surface area (Å²) in [5.74, 6) is -1.54. The van der Waals surface area contributed by atoms with Crippen LogP contribution in [-0.4, -0.2) is 11.1 Å². The molecule has 0 heterocycles. The van der Waals surface area contributed by atoms with Gasteiger partial charge in [-0.2, -0.15) is 0 Å². The molecule has 0 saturated carbocycles. The summed E-state index contributed by atoms with van der Waals surface area (Å²) in [5.41, 5.74) is 1.12. The second kappa shape index (κ2) is 4.96. The molecule has 5 heteroatoms. The van der Waals surface area contributed by atoms with Crippen molar-refractivity contribution in [2.45, 2.75) is 0 Å². The highest BCUT2D eigenvalue weighted by molar-refractivity contribution is 6.34. The SMILES string of the molecule is O=C(O)c1cc(Cl)cc(-c2ccc(F)cc2Cl)c1. The molecule has 0 unspecified atom stereocenters. The molecule has 0 aliphatic carbocycles. The molecule has 2 aromatic carbocycles. The van der Waals surface area contributed by atoms with Gasteiger partial charge in [0.25, 0.3) is 0 Å². The topological polar surface area (TPSA) is 37.3 Å². The molecule has 2 rings (SSSR count). The lowest BCUT2D eigenvalue weighted by Gasteiger charge is -2.06. The number of carboxylic acids is 1. The number of aromatic carboxylic acids is 1. The number of halogens is 3. The minimum Gasteiger partial charge on any atom is -0.478 e. The number of hydrogen-bond donors (Lipinski definition) is 1. The number of carboxylic acid groups (broad SMARTS) is 1. The third kappa shape index (κ3) is 2.63. The Morgan fingerprint density at radius 2 is 1.83 bits per heavy atom. The molecule has 0 aromatic heterocycles. The summed E-state index contributed by atoms with van der Waals surface area (Å²) in [4.78, 5) is 10.9. The Balaban J connectivity index is 2.60. The summed E-state index contributed by atoms with van der Waals surface area (Å²) in [6, 6.07) is 8.25. The standard InChI is InChI=1S/C13H7Cl2FO2/c14-9-4-7(3-8(5-9)13(17)18)11-2-1-10(16)6-12(11)15/h1-6H,(H,17,18). The van der Waals surface area contributed by atoms with Gasteiger partial charge < -0.3 is 5.11 Å². The molecule has 2 aromatic rings. The first kappa shape index (κ1) is 12.9. The Hall–Kier alpha value is -1.58. The van der Waals surface area contributed by atoms with Gasteiger partial charge in [0.05, 0.1) is 10.6 Å². The van der Waals surface area contributed by atoms with Gasteiger partial charge in [-0.15, -0.1) is 0 Å². The van der Waals surface area contributed by atoms with Crippen molar-refractivity contribution in [3.8, 4) is 11.1 Å². The van der Waals surface area contributed by atoms with Crippen LogP contribution < -0.4 is 0 Å². The van der Waals surface area contributed by atoms with Crippen LogP contribution in [0.2, 0.25) is 10.0 Å². The van der Waals surface area contributed by atoms with Crippen LogP contribution in [-0.2, 0) is 0 Å². The van der Waals surface area contributed by atoms with Gasteiger partial charge in [-0.25, -0.2) is 9.18 Å². The van der Waals surface area contributed by atoms with Gasteiger partial charge in [0.2, 0.25) is 0 Å². The van der Waals surface area contributed by atoms with Crippen molar-refractivity contribution in [1.82, 2.24) is 0 Å². The number of benzene rings is 2. The summed E-state index contributed by atoms with van der Waals surface area (Å²) >= 11 is 11.8. The van der Waals surface area contributed by atoms with Crippen LogP contribution in [0.15, 0.2) is 36.4 Å². The van der Waals surface area contributed by atoms with E-state index in [2.05, 4.69) is 0 Å². The summed E-state index contributed by atoms with van der Waals surface area (Å²) in [7, 11) is 0. The van der Waals surface area contributed by atoms with Crippen molar-refractivity contribution in [3.05, 3.63) is 57.8 Å². The average molecular weight is 285 g/mol. The third-order valence-electron chi connectivity index (χ3n) is 2.39. The van der Waals surface area contributed by atoms with Crippen LogP contribution in [0.5, 0.6) is 0 Å². The molecule has 92 valence electrons. The van der Waals surface area contributed by atoms with E-state index in [9.17, 15) is 9.18 Å². The molecule has 0 saturated heterocycles. The van der Waals surface area contributed by atoms with Crippen LogP contribution in [0.4, 0.5) is 4.39 Å². The maximum absolute atomic E-state index is 12.9. The fourth-order valence-electron chi connectivity index (χ4n) is 1.59. The molecule has 2 nitrogen and oxygen atoms in total. The molecule has 0 spiro atoms. The van der Waals surface area contributed by atoms with Gasteiger partial charge >= 0.3 is 5.97 Å². The highest BCUT2D eigenvalue weighted by Crippen LogP contribution is 2.31. The van der Waals surface area contributed by atoms with Gasteiger partial charge in [-0.05, 0) is 42.0 Å². The van der Waals surface area contributed by atoms with Gasteiger partial charge in [0.15, 0.2) is 0 Å². The second-order valence-electron chi connectivity index (χ2n) is 3.66. The largest absolute Gasteiger partial charge is 0.478 e. The molecular weight excluding hydrogens is 278 g/mol. The predicted molar refractivity (Wildman–Crippen MR) is 68.8 cm³/mol. The van der Waals surface area contributed by atoms with Crippen molar-refractivity contribution in [1.29, 1.82) is 0 Å². The van der Waals surface area contributed by atoms with Crippen molar-refractivity contribution in [3.63, 3.8) is 0 Å². The minimum absolute atomic E-state index is 0.0536. The molecule has 0 amide bonds. The molecule has 0 fully saturated rings. The highest BCUT2D eigenvalue weighted by Gasteiger charge is 2.10. The number of hydrogen-bond acceptors (Lipinski definition) is 1. The fraction of sp³-hybridized carbons (Fsp3) is 0. The lowest BCUT2D eigenvalue weighted by Crippen LogP contribution is -1.96. The van der Waals surface area contributed by atoms with E-state index < -0.39 is 11.8 Å². The molecule has 0 aliphatic heterocycles. The molecular formula is C13H7Cl2FO2. The third-order valence-corrected chi connectivity index (χ3v) is 2.92. The maximum Gasteiger partial charge on any atom is 0.335 e. The van der Waals surface area contributed by atoms with Crippen molar-refractivity contribution in [2.75, 3.05) is 0 Å². The van der Waals surface area contributed by atoms with Crippen LogP contribution in [0.1, 0.15) is 10.4 Å². The second-order valence-corrected chi connectivity index (χ2v) is 4.50. The average Bonchev–Trinajstić information content (AvgIpc) is 2.27. The van der Waals surface area contributed by atoms with E-state index in [1.807, 2.05) is 0 Å². The van der Waals surface area contributed by atoms with Gasteiger partial charge in [0.1, 0.15) is 5.82 Å². The fourth-order valence-corrected chi connectivity index (χ4v) is 2.10. The maximum atomic E-state index is 12.9. The van der Waals surface area contributed by atoms with Crippen molar-refractivity contribution >= 4 is 29.2 Å². The van der Waals surface area contributed by atoms with E-state index in [0.29, 0.717) is 11.1 Å². The van der Waals surface area contributed by atoms with Crippen LogP contribution in [0.3, 0.4) is 0 Å². The Morgan fingerprint density at radius 3 is 2.44 bits per heavy atom. The van der Waals surface area contributed by atoms with Crippen molar-refractivity contribution < 1.29 is 14.3 Å². The monoisotopic (exact) mass is 284 g/mol. The lowest BCUT2D eigenvalue weighted by molar-refractivity contribution is 0.0697. The molecule has 0 bridgehead atoms. The zero-order valence-electron chi connectivity index (χ0n) is 8.95. The number of carbonyl (C=O) groups is 1. The minimum atomic E-state index is -1.09. The Bertz CT molecular complexity index is 626. The first-order chi connectivity index (χ1) is 8.47. The van der Waals surface area contributed by atoms with E-state index in [-0.39, 0.29) is 15.6 Å². The lowest BCUT2D eigenvalue weighted by atomic mass is 10.0. The Morgan fingerprint density at radius 1 is 1.11 bits per heavy atom. The zero-order valence-corrected chi connectivity index (χ0v) is 10.5. The summed E-state index contributed by atoms with van der Waals surface area (Å²) in [5, 5.41) is 9.43. The molecule has 0 radical (unpaired) electrons. The van der Waals surface area contributed by atoms with Crippen LogP contribution >= 0.6 is 23.2 Å². The van der Waals surface area contributed by atoms with E-state index >= 15 is 0 Å². The van der Waals surface area contributed by atoms with Crippen LogP contribution in [0.25, 0.3) is 11.1 Å².